The number of hydrogen-bond donors (Lipinski definition) is 1. The van der Waals surface area contributed by atoms with E-state index in [1.54, 1.807) is 12.1 Å². The van der Waals surface area contributed by atoms with Crippen LogP contribution >= 0.6 is 11.6 Å². The first-order valence-corrected chi connectivity index (χ1v) is 8.67. The fraction of sp³-hybridized carbons (Fsp3) is 0.300. The molecular weight excluding hydrogens is 338 g/mol. The van der Waals surface area contributed by atoms with E-state index < -0.39 is 5.41 Å². The molecule has 4 nitrogen and oxygen atoms in total. The van der Waals surface area contributed by atoms with Crippen LogP contribution in [0.2, 0.25) is 5.02 Å². The summed E-state index contributed by atoms with van der Waals surface area (Å²) in [6, 6.07) is 14.7. The van der Waals surface area contributed by atoms with Gasteiger partial charge in [0.2, 0.25) is 0 Å². The predicted molar refractivity (Wildman–Crippen MR) is 97.7 cm³/mol. The molecule has 1 amide bonds. The van der Waals surface area contributed by atoms with Gasteiger partial charge in [-0.1, -0.05) is 47.9 Å². The first-order valence-electron chi connectivity index (χ1n) is 8.29. The first-order chi connectivity index (χ1) is 12.0. The van der Waals surface area contributed by atoms with Gasteiger partial charge in [-0.3, -0.25) is 9.59 Å². The third kappa shape index (κ3) is 3.85. The van der Waals surface area contributed by atoms with E-state index in [1.807, 2.05) is 43.3 Å². The Morgan fingerprint density at radius 2 is 1.88 bits per heavy atom. The fourth-order valence-corrected chi connectivity index (χ4v) is 3.22. The molecule has 0 aliphatic heterocycles. The zero-order chi connectivity index (χ0) is 17.9. The molecule has 0 radical (unpaired) electrons. The van der Waals surface area contributed by atoms with Crippen molar-refractivity contribution in [3.8, 4) is 0 Å². The lowest BCUT2D eigenvalue weighted by Crippen LogP contribution is -2.44. The quantitative estimate of drug-likeness (QED) is 0.814. The Kier molecular flexibility index (Phi) is 5.09. The van der Waals surface area contributed by atoms with Crippen molar-refractivity contribution in [3.05, 3.63) is 64.7 Å². The molecule has 0 unspecified atom stereocenters. The summed E-state index contributed by atoms with van der Waals surface area (Å²) in [6.07, 6.45) is 2.38. The van der Waals surface area contributed by atoms with Crippen molar-refractivity contribution < 1.29 is 14.3 Å². The molecule has 3 rings (SSSR count). The van der Waals surface area contributed by atoms with Gasteiger partial charge in [-0.15, -0.1) is 0 Å². The highest BCUT2D eigenvalue weighted by atomic mass is 35.5. The number of esters is 1. The van der Waals surface area contributed by atoms with E-state index in [0.29, 0.717) is 23.6 Å². The molecular formula is C20H20ClNO3. The van der Waals surface area contributed by atoms with Crippen LogP contribution in [0.1, 0.15) is 30.4 Å². The second kappa shape index (κ2) is 7.28. The molecule has 0 spiro atoms. The summed E-state index contributed by atoms with van der Waals surface area (Å²) in [5.74, 6) is -0.710. The SMILES string of the molecule is Cc1ccc(NC(=O)COC(=O)C2(c3cccc(Cl)c3)CCC2)cc1. The highest BCUT2D eigenvalue weighted by molar-refractivity contribution is 6.30. The summed E-state index contributed by atoms with van der Waals surface area (Å²) < 4.78 is 5.31. The Balaban J connectivity index is 1.61. The molecule has 0 bridgehead atoms. The number of rotatable bonds is 5. The minimum atomic E-state index is -0.672. The average Bonchev–Trinajstić information content (AvgIpc) is 2.54. The number of halogens is 1. The van der Waals surface area contributed by atoms with Crippen LogP contribution in [0.25, 0.3) is 0 Å². The number of carbonyl (C=O) groups excluding carboxylic acids is 2. The summed E-state index contributed by atoms with van der Waals surface area (Å²) in [5, 5.41) is 3.31. The Morgan fingerprint density at radius 1 is 1.16 bits per heavy atom. The minimum Gasteiger partial charge on any atom is -0.455 e. The molecule has 1 saturated carbocycles. The van der Waals surface area contributed by atoms with Crippen LogP contribution in [0.5, 0.6) is 0 Å². The van der Waals surface area contributed by atoms with Crippen LogP contribution in [-0.2, 0) is 19.7 Å². The lowest BCUT2D eigenvalue weighted by molar-refractivity contribution is -0.156. The van der Waals surface area contributed by atoms with Gasteiger partial charge in [-0.05, 0) is 49.6 Å². The van der Waals surface area contributed by atoms with Crippen molar-refractivity contribution in [2.24, 2.45) is 0 Å². The molecule has 1 aliphatic carbocycles. The lowest BCUT2D eigenvalue weighted by atomic mass is 9.64. The zero-order valence-electron chi connectivity index (χ0n) is 14.0. The Bertz CT molecular complexity index is 782. The van der Waals surface area contributed by atoms with Crippen molar-refractivity contribution in [1.82, 2.24) is 0 Å². The molecule has 2 aromatic rings. The van der Waals surface area contributed by atoms with Gasteiger partial charge >= 0.3 is 5.97 Å². The van der Waals surface area contributed by atoms with Crippen molar-refractivity contribution in [1.29, 1.82) is 0 Å². The number of benzene rings is 2. The van der Waals surface area contributed by atoms with Gasteiger partial charge in [0.1, 0.15) is 0 Å². The number of hydrogen-bond acceptors (Lipinski definition) is 3. The number of anilines is 1. The van der Waals surface area contributed by atoms with Gasteiger partial charge in [0, 0.05) is 10.7 Å². The van der Waals surface area contributed by atoms with Crippen LogP contribution in [0.4, 0.5) is 5.69 Å². The number of ether oxygens (including phenoxy) is 1. The van der Waals surface area contributed by atoms with Gasteiger partial charge in [0.25, 0.3) is 5.91 Å². The van der Waals surface area contributed by atoms with Crippen LogP contribution in [0.3, 0.4) is 0 Å². The van der Waals surface area contributed by atoms with Crippen molar-refractivity contribution in [2.45, 2.75) is 31.6 Å². The largest absolute Gasteiger partial charge is 0.455 e. The monoisotopic (exact) mass is 357 g/mol. The molecule has 2 aromatic carbocycles. The summed E-state index contributed by atoms with van der Waals surface area (Å²) >= 11 is 6.05. The average molecular weight is 358 g/mol. The Hall–Kier alpha value is -2.33. The molecule has 0 atom stereocenters. The molecule has 0 saturated heterocycles. The van der Waals surface area contributed by atoms with E-state index in [-0.39, 0.29) is 18.5 Å². The standard InChI is InChI=1S/C20H20ClNO3/c1-14-6-8-17(9-7-14)22-18(23)13-25-19(24)20(10-3-11-20)15-4-2-5-16(21)12-15/h2,4-9,12H,3,10-11,13H2,1H3,(H,22,23). The van der Waals surface area contributed by atoms with Crippen molar-refractivity contribution in [2.75, 3.05) is 11.9 Å². The van der Waals surface area contributed by atoms with Crippen molar-refractivity contribution in [3.63, 3.8) is 0 Å². The molecule has 25 heavy (non-hydrogen) atoms. The molecule has 130 valence electrons. The van der Waals surface area contributed by atoms with E-state index in [0.717, 1.165) is 17.5 Å². The van der Waals surface area contributed by atoms with E-state index in [1.165, 1.54) is 0 Å². The van der Waals surface area contributed by atoms with E-state index >= 15 is 0 Å². The molecule has 1 aliphatic rings. The summed E-state index contributed by atoms with van der Waals surface area (Å²) in [7, 11) is 0. The van der Waals surface area contributed by atoms with Gasteiger partial charge in [0.05, 0.1) is 5.41 Å². The molecule has 1 fully saturated rings. The van der Waals surface area contributed by atoms with E-state index in [2.05, 4.69) is 5.32 Å². The summed E-state index contributed by atoms with van der Waals surface area (Å²) in [5.41, 5.74) is 1.97. The smallest absolute Gasteiger partial charge is 0.317 e. The van der Waals surface area contributed by atoms with Crippen LogP contribution in [0, 0.1) is 6.92 Å². The normalized spacial score (nSPS) is 15.1. The third-order valence-electron chi connectivity index (χ3n) is 4.64. The number of aryl methyl sites for hydroxylation is 1. The number of amides is 1. The topological polar surface area (TPSA) is 55.4 Å². The molecule has 0 aromatic heterocycles. The highest BCUT2D eigenvalue weighted by Gasteiger charge is 2.47. The van der Waals surface area contributed by atoms with E-state index in [9.17, 15) is 9.59 Å². The fourth-order valence-electron chi connectivity index (χ4n) is 3.03. The lowest BCUT2D eigenvalue weighted by Gasteiger charge is -2.39. The minimum absolute atomic E-state index is 0.297. The molecule has 0 heterocycles. The summed E-state index contributed by atoms with van der Waals surface area (Å²) in [4.78, 5) is 24.6. The van der Waals surface area contributed by atoms with Gasteiger partial charge < -0.3 is 10.1 Å². The molecule has 5 heteroatoms. The maximum atomic E-state index is 12.6. The predicted octanol–water partition coefficient (Wildman–Crippen LogP) is 4.25. The Morgan fingerprint density at radius 3 is 2.48 bits per heavy atom. The number of carbonyl (C=O) groups is 2. The van der Waals surface area contributed by atoms with Gasteiger partial charge in [0.15, 0.2) is 6.61 Å². The second-order valence-electron chi connectivity index (χ2n) is 6.44. The third-order valence-corrected chi connectivity index (χ3v) is 4.88. The van der Waals surface area contributed by atoms with Crippen LogP contribution in [0.15, 0.2) is 48.5 Å². The second-order valence-corrected chi connectivity index (χ2v) is 6.87. The maximum absolute atomic E-state index is 12.6. The van der Waals surface area contributed by atoms with Crippen LogP contribution < -0.4 is 5.32 Å². The first kappa shape index (κ1) is 17.5. The number of nitrogens with one attached hydrogen (secondary N) is 1. The molecule has 1 N–H and O–H groups in total. The Labute approximate surface area is 152 Å². The maximum Gasteiger partial charge on any atom is 0.317 e. The van der Waals surface area contributed by atoms with Gasteiger partial charge in [-0.25, -0.2) is 0 Å². The zero-order valence-corrected chi connectivity index (χ0v) is 14.8. The van der Waals surface area contributed by atoms with Crippen LogP contribution in [-0.4, -0.2) is 18.5 Å². The highest BCUT2D eigenvalue weighted by Crippen LogP contribution is 2.45. The summed E-state index contributed by atoms with van der Waals surface area (Å²) in [6.45, 7) is 1.68. The van der Waals surface area contributed by atoms with Crippen molar-refractivity contribution >= 4 is 29.2 Å². The van der Waals surface area contributed by atoms with Gasteiger partial charge in [-0.2, -0.15) is 0 Å². The van der Waals surface area contributed by atoms with E-state index in [4.69, 9.17) is 16.3 Å².